The fourth-order valence-electron chi connectivity index (χ4n) is 5.47. The molecule has 1 N–H and O–H groups in total. The fourth-order valence-corrected chi connectivity index (χ4v) is 5.47. The first-order valence-electron chi connectivity index (χ1n) is 8.12. The number of hydrogen-bond donors (Lipinski definition) is 1. The maximum atomic E-state index is 13.8. The number of nitrogens with zero attached hydrogens (tertiary/aromatic N) is 2. The Labute approximate surface area is 135 Å². The minimum atomic E-state index is -0.675. The number of carbonyl (C=O) groups excluding carboxylic acids is 1. The van der Waals surface area contributed by atoms with Gasteiger partial charge in [-0.1, -0.05) is 26.0 Å². The molecule has 1 aromatic carbocycles. The summed E-state index contributed by atoms with van der Waals surface area (Å²) in [6.07, 6.45) is 2.95. The van der Waals surface area contributed by atoms with Crippen LogP contribution in [0.4, 0.5) is 4.39 Å². The van der Waals surface area contributed by atoms with Crippen molar-refractivity contribution in [2.45, 2.75) is 38.6 Å². The predicted molar refractivity (Wildman–Crippen MR) is 82.5 cm³/mol. The second-order valence-electron chi connectivity index (χ2n) is 7.67. The number of amides is 1. The summed E-state index contributed by atoms with van der Waals surface area (Å²) in [6.45, 7) is 5.07. The van der Waals surface area contributed by atoms with Gasteiger partial charge < -0.3 is 0 Å². The summed E-state index contributed by atoms with van der Waals surface area (Å²) >= 11 is 0. The molecular formula is C18H20FN3O. The van der Waals surface area contributed by atoms with Crippen molar-refractivity contribution < 1.29 is 9.18 Å². The van der Waals surface area contributed by atoms with Crippen LogP contribution in [0.2, 0.25) is 0 Å². The summed E-state index contributed by atoms with van der Waals surface area (Å²) < 4.78 is 13.8. The molecule has 4 rings (SSSR count). The first-order chi connectivity index (χ1) is 10.9. The van der Waals surface area contributed by atoms with Gasteiger partial charge in [0.2, 0.25) is 0 Å². The van der Waals surface area contributed by atoms with Gasteiger partial charge in [0.15, 0.2) is 0 Å². The van der Waals surface area contributed by atoms with E-state index in [0.29, 0.717) is 12.5 Å². The van der Waals surface area contributed by atoms with Gasteiger partial charge in [-0.05, 0) is 42.7 Å². The zero-order chi connectivity index (χ0) is 16.5. The average Bonchev–Trinajstić information content (AvgIpc) is 2.96. The van der Waals surface area contributed by atoms with Crippen LogP contribution in [0.3, 0.4) is 0 Å². The summed E-state index contributed by atoms with van der Waals surface area (Å²) in [5.41, 5.74) is 2.08. The predicted octanol–water partition coefficient (Wildman–Crippen LogP) is 2.87. The van der Waals surface area contributed by atoms with Crippen LogP contribution in [-0.2, 0) is 0 Å². The smallest absolute Gasteiger partial charge is 0.268 e. The van der Waals surface area contributed by atoms with Crippen LogP contribution in [0.25, 0.3) is 0 Å². The molecule has 4 bridgehead atoms. The highest BCUT2D eigenvalue weighted by Gasteiger charge is 2.78. The fraction of sp³-hybridized carbons (Fsp3) is 0.556. The largest absolute Gasteiger partial charge is 0.283 e. The summed E-state index contributed by atoms with van der Waals surface area (Å²) in [5.74, 6) is -0.485. The first-order valence-corrected chi connectivity index (χ1v) is 8.12. The van der Waals surface area contributed by atoms with Gasteiger partial charge in [-0.3, -0.25) is 10.2 Å². The second-order valence-corrected chi connectivity index (χ2v) is 7.67. The number of hydrogen-bond acceptors (Lipinski definition) is 3. The van der Waals surface area contributed by atoms with Crippen LogP contribution in [-0.4, -0.2) is 23.0 Å². The molecule has 3 aliphatic rings. The minimum Gasteiger partial charge on any atom is -0.283 e. The topological polar surface area (TPSA) is 56.1 Å². The van der Waals surface area contributed by atoms with Crippen LogP contribution in [0.15, 0.2) is 24.3 Å². The van der Waals surface area contributed by atoms with Gasteiger partial charge in [-0.25, -0.2) is 4.39 Å². The molecule has 4 atom stereocenters. The van der Waals surface area contributed by atoms with E-state index in [1.54, 1.807) is 17.1 Å². The van der Waals surface area contributed by atoms with Gasteiger partial charge in [0, 0.05) is 12.0 Å². The average molecular weight is 313 g/mol. The molecule has 4 nitrogen and oxygen atoms in total. The zero-order valence-electron chi connectivity index (χ0n) is 13.4. The summed E-state index contributed by atoms with van der Waals surface area (Å²) in [5, 5.41) is 11.7. The van der Waals surface area contributed by atoms with E-state index in [0.717, 1.165) is 19.3 Å². The molecule has 1 aromatic rings. The molecule has 5 heteroatoms. The molecule has 2 saturated carbocycles. The molecule has 0 aromatic heterocycles. The van der Waals surface area contributed by atoms with Gasteiger partial charge in [0.05, 0.1) is 11.6 Å². The Bertz CT molecular complexity index is 744. The lowest BCUT2D eigenvalue weighted by molar-refractivity contribution is 0.0238. The van der Waals surface area contributed by atoms with Crippen LogP contribution >= 0.6 is 0 Å². The number of rotatable bonds is 2. The highest BCUT2D eigenvalue weighted by molar-refractivity contribution is 5.94. The molecule has 0 unspecified atom stereocenters. The molecule has 1 aliphatic heterocycles. The molecule has 3 fully saturated rings. The standard InChI is InChI=1S/C18H20FN3O/c1-16-11-22(21-15(23)13-5-3-4-6-14(13)19)18(10-20)9-12(16)7-8-17(16,18)2/h3-6,12H,7-9,11H2,1-2H3,(H,21,23)/t12-,16+,17-,18-/m1/s1. The van der Waals surface area contributed by atoms with E-state index in [-0.39, 0.29) is 16.4 Å². The zero-order valence-corrected chi connectivity index (χ0v) is 13.4. The van der Waals surface area contributed by atoms with Gasteiger partial charge in [-0.15, -0.1) is 0 Å². The maximum Gasteiger partial charge on any atom is 0.268 e. The van der Waals surface area contributed by atoms with Crippen LogP contribution in [0.5, 0.6) is 0 Å². The number of carbonyl (C=O) groups is 1. The van der Waals surface area contributed by atoms with Crippen molar-refractivity contribution in [1.29, 1.82) is 5.26 Å². The molecule has 1 heterocycles. The van der Waals surface area contributed by atoms with Crippen LogP contribution in [0, 0.1) is 33.9 Å². The van der Waals surface area contributed by atoms with E-state index >= 15 is 0 Å². The maximum absolute atomic E-state index is 13.8. The highest BCUT2D eigenvalue weighted by atomic mass is 19.1. The van der Waals surface area contributed by atoms with E-state index in [1.807, 2.05) is 0 Å². The Balaban J connectivity index is 1.66. The van der Waals surface area contributed by atoms with Crippen molar-refractivity contribution in [3.8, 4) is 6.07 Å². The van der Waals surface area contributed by atoms with Crippen molar-refractivity contribution in [2.24, 2.45) is 16.7 Å². The third-order valence-electron chi connectivity index (χ3n) is 7.10. The number of piperidine rings is 1. The molecule has 1 saturated heterocycles. The number of nitriles is 1. The van der Waals surface area contributed by atoms with E-state index in [9.17, 15) is 14.4 Å². The molecule has 23 heavy (non-hydrogen) atoms. The Morgan fingerprint density at radius 1 is 1.43 bits per heavy atom. The Morgan fingerprint density at radius 2 is 2.17 bits per heavy atom. The van der Waals surface area contributed by atoms with E-state index < -0.39 is 17.3 Å². The van der Waals surface area contributed by atoms with Crippen LogP contribution < -0.4 is 5.43 Å². The summed E-state index contributed by atoms with van der Waals surface area (Å²) in [4.78, 5) is 12.5. The number of nitrogens with one attached hydrogen (secondary N) is 1. The second kappa shape index (κ2) is 4.33. The SMILES string of the molecule is C[C@]12CC[C@@H]3C[C@]1(C#N)N(NC(=O)c1ccccc1F)C[C@@]32C. The van der Waals surface area contributed by atoms with Crippen LogP contribution in [0.1, 0.15) is 43.5 Å². The minimum absolute atomic E-state index is 0.0174. The number of benzene rings is 1. The lowest BCUT2D eigenvalue weighted by atomic mass is 9.66. The molecule has 2 aliphatic carbocycles. The first kappa shape index (κ1) is 14.6. The van der Waals surface area contributed by atoms with E-state index in [1.165, 1.54) is 12.1 Å². The lowest BCUT2D eigenvalue weighted by Crippen LogP contribution is -2.59. The third-order valence-corrected chi connectivity index (χ3v) is 7.10. The summed E-state index contributed by atoms with van der Waals surface area (Å²) in [6, 6.07) is 8.44. The van der Waals surface area contributed by atoms with Crippen molar-refractivity contribution >= 4 is 5.91 Å². The Hall–Kier alpha value is -1.93. The van der Waals surface area contributed by atoms with Gasteiger partial charge in [-0.2, -0.15) is 10.3 Å². The van der Waals surface area contributed by atoms with Crippen molar-refractivity contribution in [1.82, 2.24) is 10.4 Å². The summed E-state index contributed by atoms with van der Waals surface area (Å²) in [7, 11) is 0. The quantitative estimate of drug-likeness (QED) is 0.913. The van der Waals surface area contributed by atoms with Crippen molar-refractivity contribution in [3.05, 3.63) is 35.6 Å². The molecular weight excluding hydrogens is 293 g/mol. The van der Waals surface area contributed by atoms with E-state index in [4.69, 9.17) is 0 Å². The van der Waals surface area contributed by atoms with E-state index in [2.05, 4.69) is 25.3 Å². The van der Waals surface area contributed by atoms with Crippen molar-refractivity contribution in [3.63, 3.8) is 0 Å². The number of hydrazine groups is 1. The lowest BCUT2D eigenvalue weighted by Gasteiger charge is -2.42. The van der Waals surface area contributed by atoms with Gasteiger partial charge >= 0.3 is 0 Å². The normalized spacial score (nSPS) is 41.0. The van der Waals surface area contributed by atoms with Crippen molar-refractivity contribution in [2.75, 3.05) is 6.54 Å². The molecule has 1 amide bonds. The van der Waals surface area contributed by atoms with Gasteiger partial charge in [0.1, 0.15) is 11.4 Å². The van der Waals surface area contributed by atoms with Gasteiger partial charge in [0.25, 0.3) is 5.91 Å². The Kier molecular flexibility index (Phi) is 2.76. The molecule has 0 radical (unpaired) electrons. The molecule has 120 valence electrons. The third kappa shape index (κ3) is 1.50. The monoisotopic (exact) mass is 313 g/mol. The Morgan fingerprint density at radius 3 is 2.83 bits per heavy atom. The highest BCUT2D eigenvalue weighted by Crippen LogP contribution is 2.75. The molecule has 0 spiro atoms. The number of halogens is 1.